The van der Waals surface area contributed by atoms with Crippen LogP contribution in [0.5, 0.6) is 0 Å². The van der Waals surface area contributed by atoms with Gasteiger partial charge in [-0.3, -0.25) is 4.79 Å². The second-order valence-corrected chi connectivity index (χ2v) is 6.84. The fraction of sp³-hybridized carbons (Fsp3) is 0.350. The highest BCUT2D eigenvalue weighted by molar-refractivity contribution is 6.08. The molecule has 4 rings (SSSR count). The molecule has 0 N–H and O–H groups in total. The third-order valence-electron chi connectivity index (χ3n) is 5.16. The molecule has 1 unspecified atom stereocenters. The van der Waals surface area contributed by atoms with Crippen LogP contribution in [0.1, 0.15) is 19.8 Å². The van der Waals surface area contributed by atoms with E-state index in [4.69, 9.17) is 0 Å². The Labute approximate surface area is 144 Å². The summed E-state index contributed by atoms with van der Waals surface area (Å²) in [5.41, 5.74) is 1.78. The average Bonchev–Trinajstić information content (AvgIpc) is 3.06. The molecule has 130 valence electrons. The first kappa shape index (κ1) is 16.1. The summed E-state index contributed by atoms with van der Waals surface area (Å²) in [5.74, 6) is -0.300. The van der Waals surface area contributed by atoms with Crippen LogP contribution < -0.4 is 0 Å². The number of aromatic nitrogens is 1. The largest absolute Gasteiger partial charge is 0.342 e. The Kier molecular flexibility index (Phi) is 3.94. The zero-order valence-electron chi connectivity index (χ0n) is 14.1. The molecule has 1 atom stereocenters. The zero-order valence-corrected chi connectivity index (χ0v) is 14.1. The first-order chi connectivity index (χ1) is 12.0. The minimum atomic E-state index is -0.326. The van der Waals surface area contributed by atoms with Crippen molar-refractivity contribution in [3.63, 3.8) is 0 Å². The van der Waals surface area contributed by atoms with Gasteiger partial charge in [-0.1, -0.05) is 6.92 Å². The van der Waals surface area contributed by atoms with Gasteiger partial charge in [0.25, 0.3) is 0 Å². The van der Waals surface area contributed by atoms with Crippen LogP contribution in [0.4, 0.5) is 8.78 Å². The smallest absolute Gasteiger partial charge is 0.225 e. The molecular weight excluding hydrogens is 322 g/mol. The Morgan fingerprint density at radius 3 is 2.12 bits per heavy atom. The molecule has 2 heterocycles. The maximum Gasteiger partial charge on any atom is 0.225 e. The lowest BCUT2D eigenvalue weighted by Gasteiger charge is -2.16. The van der Waals surface area contributed by atoms with Gasteiger partial charge in [0.1, 0.15) is 11.6 Å². The predicted molar refractivity (Wildman–Crippen MR) is 94.3 cm³/mol. The Bertz CT molecular complexity index is 904. The fourth-order valence-corrected chi connectivity index (χ4v) is 3.83. The quantitative estimate of drug-likeness (QED) is 0.693. The molecule has 1 amide bonds. The molecule has 3 aromatic rings. The van der Waals surface area contributed by atoms with Crippen LogP contribution >= 0.6 is 0 Å². The van der Waals surface area contributed by atoms with E-state index in [2.05, 4.69) is 4.57 Å². The topological polar surface area (TPSA) is 25.2 Å². The maximum atomic E-state index is 13.7. The molecule has 0 spiro atoms. The summed E-state index contributed by atoms with van der Waals surface area (Å²) >= 11 is 0. The maximum absolute atomic E-state index is 13.7. The highest BCUT2D eigenvalue weighted by Crippen LogP contribution is 2.30. The van der Waals surface area contributed by atoms with E-state index in [1.165, 1.54) is 24.3 Å². The van der Waals surface area contributed by atoms with Crippen molar-refractivity contribution < 1.29 is 13.6 Å². The van der Waals surface area contributed by atoms with Crippen LogP contribution in [0.3, 0.4) is 0 Å². The number of hydrogen-bond donors (Lipinski definition) is 0. The molecule has 25 heavy (non-hydrogen) atoms. The van der Waals surface area contributed by atoms with Crippen molar-refractivity contribution in [1.82, 2.24) is 9.47 Å². The number of fused-ring (bicyclic) bond motifs is 3. The first-order valence-electron chi connectivity index (χ1n) is 8.70. The van der Waals surface area contributed by atoms with E-state index in [9.17, 15) is 13.6 Å². The number of amides is 1. The standard InChI is InChI=1S/C20H20F2N2O/c1-13-7-10-23(20(13)25)8-2-9-24-18-5-3-14(21)11-16(18)17-12-15(22)4-6-19(17)24/h3-6,11-13H,2,7-10H2,1H3. The van der Waals surface area contributed by atoms with Crippen LogP contribution in [0.2, 0.25) is 0 Å². The molecule has 5 heteroatoms. The predicted octanol–water partition coefficient (Wildman–Crippen LogP) is 4.33. The Balaban J connectivity index is 1.65. The van der Waals surface area contributed by atoms with Crippen LogP contribution in [0.25, 0.3) is 21.8 Å². The average molecular weight is 342 g/mol. The minimum Gasteiger partial charge on any atom is -0.342 e. The van der Waals surface area contributed by atoms with Gasteiger partial charge in [-0.25, -0.2) is 8.78 Å². The van der Waals surface area contributed by atoms with Crippen molar-refractivity contribution in [2.75, 3.05) is 13.1 Å². The Morgan fingerprint density at radius 1 is 1.00 bits per heavy atom. The third-order valence-corrected chi connectivity index (χ3v) is 5.16. The summed E-state index contributed by atoms with van der Waals surface area (Å²) in [7, 11) is 0. The molecule has 0 aliphatic carbocycles. The van der Waals surface area contributed by atoms with E-state index in [0.29, 0.717) is 13.1 Å². The highest BCUT2D eigenvalue weighted by Gasteiger charge is 2.27. The lowest BCUT2D eigenvalue weighted by Crippen LogP contribution is -2.28. The fourth-order valence-electron chi connectivity index (χ4n) is 3.83. The van der Waals surface area contributed by atoms with Gasteiger partial charge in [0.15, 0.2) is 0 Å². The van der Waals surface area contributed by atoms with Gasteiger partial charge in [-0.15, -0.1) is 0 Å². The van der Waals surface area contributed by atoms with E-state index in [-0.39, 0.29) is 23.5 Å². The lowest BCUT2D eigenvalue weighted by atomic mass is 10.1. The number of hydrogen-bond acceptors (Lipinski definition) is 1. The van der Waals surface area contributed by atoms with Gasteiger partial charge in [-0.05, 0) is 49.2 Å². The number of carbonyl (C=O) groups is 1. The molecule has 0 bridgehead atoms. The summed E-state index contributed by atoms with van der Waals surface area (Å²) in [4.78, 5) is 13.9. The number of halogens is 2. The van der Waals surface area contributed by atoms with Crippen LogP contribution in [-0.2, 0) is 11.3 Å². The lowest BCUT2D eigenvalue weighted by molar-refractivity contribution is -0.130. The third kappa shape index (κ3) is 2.77. The molecule has 1 aliphatic heterocycles. The summed E-state index contributed by atoms with van der Waals surface area (Å²) in [6, 6.07) is 9.26. The molecule has 1 aromatic heterocycles. The SMILES string of the molecule is CC1CCN(CCCn2c3ccc(F)cc3c3cc(F)ccc32)C1=O. The van der Waals surface area contributed by atoms with E-state index >= 15 is 0 Å². The first-order valence-corrected chi connectivity index (χ1v) is 8.70. The molecule has 1 aliphatic rings. The molecule has 3 nitrogen and oxygen atoms in total. The van der Waals surface area contributed by atoms with Crippen molar-refractivity contribution in [1.29, 1.82) is 0 Å². The van der Waals surface area contributed by atoms with E-state index < -0.39 is 0 Å². The molecule has 1 fully saturated rings. The van der Waals surface area contributed by atoms with Crippen molar-refractivity contribution in [2.24, 2.45) is 5.92 Å². The number of nitrogens with zero attached hydrogens (tertiary/aromatic N) is 2. The van der Waals surface area contributed by atoms with Gasteiger partial charge in [0, 0.05) is 47.4 Å². The Hall–Kier alpha value is -2.43. The number of likely N-dealkylation sites (tertiary alicyclic amines) is 1. The van der Waals surface area contributed by atoms with Crippen molar-refractivity contribution in [3.8, 4) is 0 Å². The summed E-state index contributed by atoms with van der Waals surface area (Å²) in [5, 5.41) is 1.45. The van der Waals surface area contributed by atoms with Crippen LogP contribution in [0.15, 0.2) is 36.4 Å². The van der Waals surface area contributed by atoms with Crippen molar-refractivity contribution >= 4 is 27.7 Å². The number of carbonyl (C=O) groups excluding carboxylic acids is 1. The van der Waals surface area contributed by atoms with Crippen molar-refractivity contribution in [3.05, 3.63) is 48.0 Å². The summed E-state index contributed by atoms with van der Waals surface area (Å²) < 4.78 is 29.4. The van der Waals surface area contributed by atoms with Gasteiger partial charge < -0.3 is 9.47 Å². The molecule has 2 aromatic carbocycles. The Morgan fingerprint density at radius 2 is 1.60 bits per heavy atom. The molecule has 0 saturated carbocycles. The molecule has 1 saturated heterocycles. The van der Waals surface area contributed by atoms with Gasteiger partial charge in [-0.2, -0.15) is 0 Å². The summed E-state index contributed by atoms with van der Waals surface area (Å²) in [6.45, 7) is 4.21. The van der Waals surface area contributed by atoms with Gasteiger partial charge in [0.2, 0.25) is 5.91 Å². The minimum absolute atomic E-state index is 0.124. The number of aryl methyl sites for hydroxylation is 1. The summed E-state index contributed by atoms with van der Waals surface area (Å²) in [6.07, 6.45) is 1.73. The van der Waals surface area contributed by atoms with E-state index in [1.54, 1.807) is 12.1 Å². The number of benzene rings is 2. The second kappa shape index (κ2) is 6.14. The van der Waals surface area contributed by atoms with Crippen LogP contribution in [0, 0.1) is 17.6 Å². The second-order valence-electron chi connectivity index (χ2n) is 6.84. The number of rotatable bonds is 4. The molecule has 0 radical (unpaired) electrons. The van der Waals surface area contributed by atoms with E-state index in [1.807, 2.05) is 11.8 Å². The van der Waals surface area contributed by atoms with Gasteiger partial charge >= 0.3 is 0 Å². The van der Waals surface area contributed by atoms with E-state index in [0.717, 1.165) is 41.2 Å². The normalized spacial score (nSPS) is 18.0. The van der Waals surface area contributed by atoms with Crippen LogP contribution in [-0.4, -0.2) is 28.5 Å². The highest BCUT2D eigenvalue weighted by atomic mass is 19.1. The van der Waals surface area contributed by atoms with Crippen molar-refractivity contribution in [2.45, 2.75) is 26.3 Å². The van der Waals surface area contributed by atoms with Gasteiger partial charge in [0.05, 0.1) is 0 Å². The molecular formula is C20H20F2N2O. The monoisotopic (exact) mass is 342 g/mol. The zero-order chi connectivity index (χ0) is 17.6.